The highest BCUT2D eigenvalue weighted by molar-refractivity contribution is 5.61. The zero-order valence-electron chi connectivity index (χ0n) is 13.3. The molecule has 120 valence electrons. The Kier molecular flexibility index (Phi) is 4.12. The Labute approximate surface area is 145 Å². The molecular formula is C20H14N4O. The summed E-state index contributed by atoms with van der Waals surface area (Å²) in [6.07, 6.45) is 4.74. The van der Waals surface area contributed by atoms with Crippen LogP contribution in [0.5, 0.6) is 11.5 Å². The van der Waals surface area contributed by atoms with Gasteiger partial charge in [-0.2, -0.15) is 0 Å². The fourth-order valence-corrected chi connectivity index (χ4v) is 2.48. The van der Waals surface area contributed by atoms with E-state index in [1.165, 1.54) is 12.7 Å². The number of ether oxygens (including phenoxy) is 1. The van der Waals surface area contributed by atoms with Gasteiger partial charge in [-0.1, -0.05) is 30.3 Å². The molecule has 0 spiro atoms. The Hall–Kier alpha value is -3.60. The third kappa shape index (κ3) is 3.50. The van der Waals surface area contributed by atoms with Crippen molar-refractivity contribution in [2.45, 2.75) is 0 Å². The van der Waals surface area contributed by atoms with Crippen LogP contribution >= 0.6 is 0 Å². The molecule has 5 heteroatoms. The van der Waals surface area contributed by atoms with Crippen LogP contribution in [0.4, 0.5) is 0 Å². The first-order valence-corrected chi connectivity index (χ1v) is 7.80. The highest BCUT2D eigenvalue weighted by Crippen LogP contribution is 2.28. The molecule has 2 aromatic heterocycles. The first-order chi connectivity index (χ1) is 12.4. The van der Waals surface area contributed by atoms with Gasteiger partial charge in [0.1, 0.15) is 24.2 Å². The van der Waals surface area contributed by atoms with E-state index in [-0.39, 0.29) is 0 Å². The van der Waals surface area contributed by atoms with Crippen molar-refractivity contribution in [2.75, 3.05) is 0 Å². The van der Waals surface area contributed by atoms with Crippen molar-refractivity contribution in [2.24, 2.45) is 0 Å². The van der Waals surface area contributed by atoms with Crippen LogP contribution in [0.1, 0.15) is 0 Å². The molecule has 0 aliphatic rings. The maximum absolute atomic E-state index is 6.00. The second-order valence-electron chi connectivity index (χ2n) is 5.33. The van der Waals surface area contributed by atoms with E-state index in [0.717, 1.165) is 28.3 Å². The molecule has 0 atom stereocenters. The normalized spacial score (nSPS) is 10.4. The van der Waals surface area contributed by atoms with Gasteiger partial charge < -0.3 is 4.74 Å². The van der Waals surface area contributed by atoms with Gasteiger partial charge in [-0.3, -0.25) is 4.98 Å². The average molecular weight is 326 g/mol. The minimum atomic E-state index is 0.614. The molecule has 2 heterocycles. The van der Waals surface area contributed by atoms with Crippen molar-refractivity contribution in [3.8, 4) is 34.1 Å². The first kappa shape index (κ1) is 15.0. The summed E-state index contributed by atoms with van der Waals surface area (Å²) in [5, 5.41) is 0. The van der Waals surface area contributed by atoms with E-state index in [2.05, 4.69) is 19.9 Å². The van der Waals surface area contributed by atoms with Crippen LogP contribution < -0.4 is 4.74 Å². The maximum Gasteiger partial charge on any atom is 0.162 e. The Balaban J connectivity index is 1.61. The Morgan fingerprint density at radius 3 is 2.08 bits per heavy atom. The van der Waals surface area contributed by atoms with Crippen LogP contribution in [0.25, 0.3) is 22.6 Å². The van der Waals surface area contributed by atoms with Crippen molar-refractivity contribution >= 4 is 0 Å². The van der Waals surface area contributed by atoms with E-state index in [1.54, 1.807) is 6.20 Å². The average Bonchev–Trinajstić information content (AvgIpc) is 2.70. The van der Waals surface area contributed by atoms with Crippen molar-refractivity contribution in [1.82, 2.24) is 19.9 Å². The van der Waals surface area contributed by atoms with Gasteiger partial charge in [-0.25, -0.2) is 15.0 Å². The number of hydrogen-bond donors (Lipinski definition) is 0. The molecule has 4 rings (SSSR count). The lowest BCUT2D eigenvalue weighted by atomic mass is 10.1. The predicted molar refractivity (Wildman–Crippen MR) is 95.0 cm³/mol. The summed E-state index contributed by atoms with van der Waals surface area (Å²) < 4.78 is 6.00. The molecule has 0 unspecified atom stereocenters. The lowest BCUT2D eigenvalue weighted by Crippen LogP contribution is -1.90. The van der Waals surface area contributed by atoms with Crippen LogP contribution in [0.3, 0.4) is 0 Å². The van der Waals surface area contributed by atoms with Gasteiger partial charge in [0.15, 0.2) is 5.82 Å². The number of hydrogen-bond acceptors (Lipinski definition) is 5. The van der Waals surface area contributed by atoms with E-state index in [4.69, 9.17) is 4.74 Å². The maximum atomic E-state index is 6.00. The number of aromatic nitrogens is 4. The molecule has 0 fully saturated rings. The third-order valence-corrected chi connectivity index (χ3v) is 3.62. The fraction of sp³-hybridized carbons (Fsp3) is 0. The lowest BCUT2D eigenvalue weighted by molar-refractivity contribution is 0.483. The summed E-state index contributed by atoms with van der Waals surface area (Å²) in [6, 6.07) is 21.3. The third-order valence-electron chi connectivity index (χ3n) is 3.62. The second-order valence-corrected chi connectivity index (χ2v) is 5.33. The Bertz CT molecular complexity index is 894. The second kappa shape index (κ2) is 6.88. The largest absolute Gasteiger partial charge is 0.457 e. The predicted octanol–water partition coefficient (Wildman–Crippen LogP) is 4.39. The molecule has 0 aliphatic heterocycles. The number of pyridine rings is 1. The minimum Gasteiger partial charge on any atom is -0.457 e. The summed E-state index contributed by atoms with van der Waals surface area (Å²) in [6.45, 7) is 0. The molecule has 0 N–H and O–H groups in total. The molecule has 4 aromatic rings. The Morgan fingerprint density at radius 2 is 1.36 bits per heavy atom. The van der Waals surface area contributed by atoms with E-state index in [0.29, 0.717) is 5.82 Å². The van der Waals surface area contributed by atoms with Crippen LogP contribution in [-0.2, 0) is 0 Å². The van der Waals surface area contributed by atoms with Crippen molar-refractivity contribution in [3.05, 3.63) is 85.6 Å². The van der Waals surface area contributed by atoms with Crippen molar-refractivity contribution < 1.29 is 4.74 Å². The molecule has 0 amide bonds. The number of rotatable bonds is 4. The Morgan fingerprint density at radius 1 is 0.640 bits per heavy atom. The summed E-state index contributed by atoms with van der Waals surface area (Å²) in [5.41, 5.74) is 2.79. The topological polar surface area (TPSA) is 60.8 Å². The van der Waals surface area contributed by atoms with Gasteiger partial charge in [0.25, 0.3) is 0 Å². The molecule has 2 aromatic carbocycles. The van der Waals surface area contributed by atoms with Crippen molar-refractivity contribution in [1.29, 1.82) is 0 Å². The minimum absolute atomic E-state index is 0.614. The monoisotopic (exact) mass is 326 g/mol. The summed E-state index contributed by atoms with van der Waals surface area (Å²) in [4.78, 5) is 16.5. The molecule has 0 radical (unpaired) electrons. The quantitative estimate of drug-likeness (QED) is 0.556. The zero-order chi connectivity index (χ0) is 16.9. The van der Waals surface area contributed by atoms with Gasteiger partial charge >= 0.3 is 0 Å². The van der Waals surface area contributed by atoms with Gasteiger partial charge in [0.2, 0.25) is 0 Å². The van der Waals surface area contributed by atoms with Gasteiger partial charge in [0.05, 0.1) is 5.69 Å². The summed E-state index contributed by atoms with van der Waals surface area (Å²) in [7, 11) is 0. The summed E-state index contributed by atoms with van der Waals surface area (Å²) >= 11 is 0. The SMILES string of the molecule is c1ccc(-c2cccc(Oc3cccc(-c4ncncn4)c3)c2)nc1. The molecule has 25 heavy (non-hydrogen) atoms. The van der Waals surface area contributed by atoms with E-state index >= 15 is 0 Å². The van der Waals surface area contributed by atoms with E-state index < -0.39 is 0 Å². The molecule has 0 aliphatic carbocycles. The van der Waals surface area contributed by atoms with Gasteiger partial charge in [0, 0.05) is 17.3 Å². The van der Waals surface area contributed by atoms with Gasteiger partial charge in [-0.05, 0) is 36.4 Å². The highest BCUT2D eigenvalue weighted by Gasteiger charge is 2.05. The molecular weight excluding hydrogens is 312 g/mol. The molecule has 5 nitrogen and oxygen atoms in total. The standard InChI is InChI=1S/C20H14N4O/c1-2-10-22-19(9-1)15-5-3-7-17(11-15)25-18-8-4-6-16(12-18)20-23-13-21-14-24-20/h1-14H. The number of benzene rings is 2. The van der Waals surface area contributed by atoms with E-state index in [1.807, 2.05) is 66.7 Å². The smallest absolute Gasteiger partial charge is 0.162 e. The van der Waals surface area contributed by atoms with Crippen molar-refractivity contribution in [3.63, 3.8) is 0 Å². The number of nitrogens with zero attached hydrogens (tertiary/aromatic N) is 4. The summed E-state index contributed by atoms with van der Waals surface area (Å²) in [5.74, 6) is 2.08. The van der Waals surface area contributed by atoms with Crippen LogP contribution in [0.2, 0.25) is 0 Å². The molecule has 0 saturated heterocycles. The van der Waals surface area contributed by atoms with E-state index in [9.17, 15) is 0 Å². The zero-order valence-corrected chi connectivity index (χ0v) is 13.3. The first-order valence-electron chi connectivity index (χ1n) is 7.80. The fourth-order valence-electron chi connectivity index (χ4n) is 2.48. The lowest BCUT2D eigenvalue weighted by Gasteiger charge is -2.09. The van der Waals surface area contributed by atoms with Crippen LogP contribution in [-0.4, -0.2) is 19.9 Å². The highest BCUT2D eigenvalue weighted by atomic mass is 16.5. The van der Waals surface area contributed by atoms with Gasteiger partial charge in [-0.15, -0.1) is 0 Å². The van der Waals surface area contributed by atoms with Crippen LogP contribution in [0, 0.1) is 0 Å². The molecule has 0 bridgehead atoms. The molecule has 0 saturated carbocycles. The van der Waals surface area contributed by atoms with Crippen LogP contribution in [0.15, 0.2) is 85.6 Å².